The number of ether oxygens (including phenoxy) is 2. The van der Waals surface area contributed by atoms with E-state index in [1.807, 2.05) is 18.2 Å². The van der Waals surface area contributed by atoms with Crippen LogP contribution in [0.25, 0.3) is 11.3 Å². The number of methoxy groups -OCH3 is 2. The van der Waals surface area contributed by atoms with Crippen LogP contribution < -0.4 is 9.47 Å². The summed E-state index contributed by atoms with van der Waals surface area (Å²) in [5.74, 6) is 1.40. The van der Waals surface area contributed by atoms with Crippen molar-refractivity contribution in [2.45, 2.75) is 12.7 Å². The van der Waals surface area contributed by atoms with Gasteiger partial charge in [-0.15, -0.1) is 0 Å². The second kappa shape index (κ2) is 9.80. The number of benzene rings is 2. The van der Waals surface area contributed by atoms with Crippen LogP contribution in [-0.2, 0) is 12.7 Å². The molecule has 2 heterocycles. The number of hydrogen-bond donors (Lipinski definition) is 0. The van der Waals surface area contributed by atoms with Gasteiger partial charge in [0.1, 0.15) is 5.76 Å². The number of nitrogens with zero attached hydrogens (tertiary/aromatic N) is 2. The molecule has 0 aliphatic carbocycles. The normalized spacial score (nSPS) is 14.8. The van der Waals surface area contributed by atoms with Crippen molar-refractivity contribution < 1.29 is 31.9 Å². The molecule has 0 unspecified atom stereocenters. The van der Waals surface area contributed by atoms with Gasteiger partial charge in [-0.2, -0.15) is 13.2 Å². The SMILES string of the molecule is COc1ccc(CN2CCN(C(=O)c3ccc(-c4cccc(C(F)(F)F)c4)o3)CC2)cc1OC. The zero-order valence-corrected chi connectivity index (χ0v) is 18.9. The van der Waals surface area contributed by atoms with Crippen molar-refractivity contribution in [1.82, 2.24) is 9.80 Å². The first-order valence-corrected chi connectivity index (χ1v) is 10.8. The summed E-state index contributed by atoms with van der Waals surface area (Å²) in [6.45, 7) is 3.11. The summed E-state index contributed by atoms with van der Waals surface area (Å²) >= 11 is 0. The Morgan fingerprint density at radius 2 is 1.68 bits per heavy atom. The van der Waals surface area contributed by atoms with Crippen molar-refractivity contribution in [3.8, 4) is 22.8 Å². The highest BCUT2D eigenvalue weighted by molar-refractivity contribution is 5.92. The zero-order valence-electron chi connectivity index (χ0n) is 18.9. The summed E-state index contributed by atoms with van der Waals surface area (Å²) in [6.07, 6.45) is -4.45. The molecular weight excluding hydrogens is 449 g/mol. The molecule has 1 aliphatic heterocycles. The lowest BCUT2D eigenvalue weighted by Crippen LogP contribution is -2.48. The van der Waals surface area contributed by atoms with Crippen LogP contribution in [0.3, 0.4) is 0 Å². The molecule has 1 saturated heterocycles. The van der Waals surface area contributed by atoms with Crippen LogP contribution in [0.15, 0.2) is 59.0 Å². The molecule has 34 heavy (non-hydrogen) atoms. The quantitative estimate of drug-likeness (QED) is 0.507. The van der Waals surface area contributed by atoms with E-state index < -0.39 is 11.7 Å². The van der Waals surface area contributed by atoms with Crippen LogP contribution in [0.1, 0.15) is 21.7 Å². The molecule has 0 atom stereocenters. The lowest BCUT2D eigenvalue weighted by Gasteiger charge is -2.34. The Labute approximate surface area is 195 Å². The van der Waals surface area contributed by atoms with Gasteiger partial charge in [0.25, 0.3) is 5.91 Å². The third-order valence-electron chi connectivity index (χ3n) is 5.80. The Balaban J connectivity index is 1.37. The van der Waals surface area contributed by atoms with E-state index in [-0.39, 0.29) is 23.0 Å². The number of furan rings is 1. The number of carbonyl (C=O) groups excluding carboxylic acids is 1. The van der Waals surface area contributed by atoms with Crippen LogP contribution >= 0.6 is 0 Å². The molecule has 0 N–H and O–H groups in total. The fourth-order valence-corrected chi connectivity index (χ4v) is 3.96. The van der Waals surface area contributed by atoms with E-state index in [2.05, 4.69) is 4.90 Å². The van der Waals surface area contributed by atoms with Gasteiger partial charge in [0.05, 0.1) is 19.8 Å². The van der Waals surface area contributed by atoms with Crippen molar-refractivity contribution in [3.63, 3.8) is 0 Å². The third-order valence-corrected chi connectivity index (χ3v) is 5.80. The number of amides is 1. The molecule has 1 fully saturated rings. The molecule has 2 aromatic carbocycles. The number of alkyl halides is 3. The van der Waals surface area contributed by atoms with E-state index >= 15 is 0 Å². The van der Waals surface area contributed by atoms with Crippen LogP contribution in [0, 0.1) is 0 Å². The van der Waals surface area contributed by atoms with Crippen LogP contribution in [0.4, 0.5) is 13.2 Å². The fourth-order valence-electron chi connectivity index (χ4n) is 3.96. The Morgan fingerprint density at radius 3 is 2.35 bits per heavy atom. The van der Waals surface area contributed by atoms with Gasteiger partial charge in [-0.05, 0) is 42.0 Å². The zero-order chi connectivity index (χ0) is 24.3. The second-order valence-electron chi connectivity index (χ2n) is 8.00. The standard InChI is InChI=1S/C25H25F3N2O4/c1-32-21-7-6-17(14-23(21)33-2)16-29-10-12-30(13-11-29)24(31)22-9-8-20(34-22)18-4-3-5-19(15-18)25(26,27)28/h3-9,14-15H,10-13,16H2,1-2H3. The largest absolute Gasteiger partial charge is 0.493 e. The highest BCUT2D eigenvalue weighted by atomic mass is 19.4. The van der Waals surface area contributed by atoms with Crippen LogP contribution in [0.5, 0.6) is 11.5 Å². The van der Waals surface area contributed by atoms with Crippen LogP contribution in [0.2, 0.25) is 0 Å². The average molecular weight is 474 g/mol. The van der Waals surface area contributed by atoms with Crippen LogP contribution in [-0.4, -0.2) is 56.1 Å². The topological polar surface area (TPSA) is 55.2 Å². The summed E-state index contributed by atoms with van der Waals surface area (Å²) in [5.41, 5.74) is 0.586. The minimum atomic E-state index is -4.45. The average Bonchev–Trinajstić information content (AvgIpc) is 3.34. The number of halogens is 3. The predicted octanol–water partition coefficient (Wildman–Crippen LogP) is 4.94. The van der Waals surface area contributed by atoms with Gasteiger partial charge < -0.3 is 18.8 Å². The van der Waals surface area contributed by atoms with E-state index in [4.69, 9.17) is 13.9 Å². The maximum Gasteiger partial charge on any atom is 0.416 e. The summed E-state index contributed by atoms with van der Waals surface area (Å²) in [5, 5.41) is 0. The van der Waals surface area contributed by atoms with E-state index in [0.29, 0.717) is 44.2 Å². The molecule has 0 spiro atoms. The molecule has 1 aromatic heterocycles. The highest BCUT2D eigenvalue weighted by Gasteiger charge is 2.31. The maximum absolute atomic E-state index is 13.0. The third kappa shape index (κ3) is 5.20. The number of carbonyl (C=O) groups is 1. The Kier molecular flexibility index (Phi) is 6.83. The first-order valence-electron chi connectivity index (χ1n) is 10.8. The van der Waals surface area contributed by atoms with Gasteiger partial charge in [-0.25, -0.2) is 0 Å². The van der Waals surface area contributed by atoms with Gasteiger partial charge >= 0.3 is 6.18 Å². The molecule has 1 aliphatic rings. The summed E-state index contributed by atoms with van der Waals surface area (Å²) in [6, 6.07) is 13.7. The maximum atomic E-state index is 13.0. The minimum Gasteiger partial charge on any atom is -0.493 e. The summed E-state index contributed by atoms with van der Waals surface area (Å²) < 4.78 is 55.2. The second-order valence-corrected chi connectivity index (χ2v) is 8.00. The molecule has 180 valence electrons. The molecule has 3 aromatic rings. The highest BCUT2D eigenvalue weighted by Crippen LogP contribution is 2.33. The number of piperazine rings is 1. The molecule has 4 rings (SSSR count). The van der Waals surface area contributed by atoms with Crippen molar-refractivity contribution in [3.05, 3.63) is 71.5 Å². The first kappa shape index (κ1) is 23.7. The molecule has 0 saturated carbocycles. The van der Waals surface area contributed by atoms with E-state index in [0.717, 1.165) is 17.7 Å². The molecule has 0 radical (unpaired) electrons. The monoisotopic (exact) mass is 474 g/mol. The fraction of sp³-hybridized carbons (Fsp3) is 0.320. The Morgan fingerprint density at radius 1 is 0.941 bits per heavy atom. The molecule has 9 heteroatoms. The number of rotatable bonds is 6. The summed E-state index contributed by atoms with van der Waals surface area (Å²) in [7, 11) is 3.19. The lowest BCUT2D eigenvalue weighted by molar-refractivity contribution is -0.137. The number of hydrogen-bond acceptors (Lipinski definition) is 5. The van der Waals surface area contributed by atoms with E-state index in [9.17, 15) is 18.0 Å². The smallest absolute Gasteiger partial charge is 0.416 e. The predicted molar refractivity (Wildman–Crippen MR) is 120 cm³/mol. The minimum absolute atomic E-state index is 0.112. The van der Waals surface area contributed by atoms with Gasteiger partial charge in [-0.1, -0.05) is 18.2 Å². The first-order chi connectivity index (χ1) is 16.3. The van der Waals surface area contributed by atoms with Crippen molar-refractivity contribution in [2.24, 2.45) is 0 Å². The lowest BCUT2D eigenvalue weighted by atomic mass is 10.1. The Hall–Kier alpha value is -3.46. The summed E-state index contributed by atoms with van der Waals surface area (Å²) in [4.78, 5) is 16.8. The Bertz CT molecular complexity index is 1150. The van der Waals surface area contributed by atoms with Gasteiger partial charge in [0, 0.05) is 38.3 Å². The van der Waals surface area contributed by atoms with Gasteiger partial charge in [0.2, 0.25) is 0 Å². The van der Waals surface area contributed by atoms with E-state index in [1.54, 1.807) is 19.1 Å². The molecule has 0 bridgehead atoms. The molecule has 6 nitrogen and oxygen atoms in total. The van der Waals surface area contributed by atoms with Crippen molar-refractivity contribution in [2.75, 3.05) is 40.4 Å². The molecular formula is C25H25F3N2O4. The molecule has 1 amide bonds. The van der Waals surface area contributed by atoms with Gasteiger partial charge in [0.15, 0.2) is 17.3 Å². The van der Waals surface area contributed by atoms with Gasteiger partial charge in [-0.3, -0.25) is 9.69 Å². The van der Waals surface area contributed by atoms with Crippen molar-refractivity contribution in [1.29, 1.82) is 0 Å². The van der Waals surface area contributed by atoms with Crippen molar-refractivity contribution >= 4 is 5.91 Å². The van der Waals surface area contributed by atoms with E-state index in [1.165, 1.54) is 24.3 Å².